The molecule has 0 aliphatic rings. The van der Waals surface area contributed by atoms with E-state index in [0.29, 0.717) is 6.04 Å². The Morgan fingerprint density at radius 2 is 1.12 bits per heavy atom. The van der Waals surface area contributed by atoms with E-state index in [9.17, 15) is 0 Å². The molecule has 2 N–H and O–H groups in total. The number of hydrogen-bond acceptors (Lipinski definition) is 1. The van der Waals surface area contributed by atoms with Crippen molar-refractivity contribution in [1.29, 1.82) is 0 Å². The highest BCUT2D eigenvalue weighted by Gasteiger charge is 1.94. The molecule has 1 unspecified atom stereocenters. The molecule has 0 spiro atoms. The van der Waals surface area contributed by atoms with E-state index >= 15 is 0 Å². The summed E-state index contributed by atoms with van der Waals surface area (Å²) in [6, 6.07) is 0.402. The average Bonchev–Trinajstić information content (AvgIpc) is 2.15. The second kappa shape index (κ2) is 17.9. The van der Waals surface area contributed by atoms with Gasteiger partial charge >= 0.3 is 0 Å². The van der Waals surface area contributed by atoms with Crippen molar-refractivity contribution in [3.63, 3.8) is 0 Å². The van der Waals surface area contributed by atoms with Crippen molar-refractivity contribution in [2.45, 2.75) is 84.1 Å². The summed E-state index contributed by atoms with van der Waals surface area (Å²) < 4.78 is 0. The second-order valence-electron chi connectivity index (χ2n) is 4.59. The van der Waals surface area contributed by atoms with Crippen molar-refractivity contribution in [1.82, 2.24) is 0 Å². The van der Waals surface area contributed by atoms with Gasteiger partial charge in [-0.25, -0.2) is 0 Å². The number of halogens is 2. The number of nitrogens with two attached hydrogens (primary N) is 1. The Labute approximate surface area is 115 Å². The maximum Gasteiger partial charge on any atom is 0.00104 e. The molecular formula is C13H31Cl2N. The minimum Gasteiger partial charge on any atom is -0.328 e. The number of unbranched alkanes of at least 4 members (excludes halogenated alkanes) is 8. The summed E-state index contributed by atoms with van der Waals surface area (Å²) in [6.45, 7) is 4.37. The first-order chi connectivity index (χ1) is 6.77. The normalized spacial score (nSPS) is 11.4. The third-order valence-corrected chi connectivity index (χ3v) is 2.76. The Balaban J connectivity index is -0.000000845. The lowest BCUT2D eigenvalue weighted by Crippen LogP contribution is -2.13. The molecule has 0 radical (unpaired) electrons. The van der Waals surface area contributed by atoms with Gasteiger partial charge in [-0.3, -0.25) is 0 Å². The smallest absolute Gasteiger partial charge is 0.00104 e. The number of hydrogen-bond donors (Lipinski definition) is 1. The van der Waals surface area contributed by atoms with Crippen molar-refractivity contribution in [3.05, 3.63) is 0 Å². The zero-order valence-corrected chi connectivity index (χ0v) is 12.7. The van der Waals surface area contributed by atoms with E-state index < -0.39 is 0 Å². The molecule has 0 bridgehead atoms. The fourth-order valence-corrected chi connectivity index (χ4v) is 1.78. The summed E-state index contributed by atoms with van der Waals surface area (Å²) in [5.74, 6) is 0. The van der Waals surface area contributed by atoms with Gasteiger partial charge in [0.05, 0.1) is 0 Å². The summed E-state index contributed by atoms with van der Waals surface area (Å²) in [4.78, 5) is 0. The van der Waals surface area contributed by atoms with E-state index in [-0.39, 0.29) is 24.8 Å². The first kappa shape index (κ1) is 21.8. The van der Waals surface area contributed by atoms with E-state index in [2.05, 4.69) is 13.8 Å². The van der Waals surface area contributed by atoms with Crippen LogP contribution in [0.5, 0.6) is 0 Å². The molecule has 0 aliphatic heterocycles. The molecule has 102 valence electrons. The minimum atomic E-state index is 0. The van der Waals surface area contributed by atoms with E-state index in [1.807, 2.05) is 0 Å². The van der Waals surface area contributed by atoms with Gasteiger partial charge in [0.25, 0.3) is 0 Å². The molecule has 0 aromatic rings. The van der Waals surface area contributed by atoms with Crippen molar-refractivity contribution < 1.29 is 0 Å². The van der Waals surface area contributed by atoms with Gasteiger partial charge in [-0.1, -0.05) is 64.7 Å². The van der Waals surface area contributed by atoms with Gasteiger partial charge in [0, 0.05) is 6.04 Å². The Hall–Kier alpha value is 0.540. The first-order valence-corrected chi connectivity index (χ1v) is 6.53. The van der Waals surface area contributed by atoms with E-state index in [1.54, 1.807) is 0 Å². The number of rotatable bonds is 10. The fourth-order valence-electron chi connectivity index (χ4n) is 1.78. The highest BCUT2D eigenvalue weighted by atomic mass is 35.5. The predicted molar refractivity (Wildman–Crippen MR) is 80.0 cm³/mol. The fraction of sp³-hybridized carbons (Fsp3) is 1.00. The van der Waals surface area contributed by atoms with Crippen LogP contribution in [0.15, 0.2) is 0 Å². The first-order valence-electron chi connectivity index (χ1n) is 6.53. The van der Waals surface area contributed by atoms with Crippen LogP contribution in [-0.2, 0) is 0 Å². The monoisotopic (exact) mass is 271 g/mol. The van der Waals surface area contributed by atoms with Gasteiger partial charge in [-0.15, -0.1) is 24.8 Å². The second-order valence-corrected chi connectivity index (χ2v) is 4.59. The van der Waals surface area contributed by atoms with Crippen molar-refractivity contribution >= 4 is 24.8 Å². The largest absolute Gasteiger partial charge is 0.328 e. The van der Waals surface area contributed by atoms with Gasteiger partial charge in [0.2, 0.25) is 0 Å². The predicted octanol–water partition coefficient (Wildman–Crippen LogP) is 5.10. The van der Waals surface area contributed by atoms with Crippen LogP contribution < -0.4 is 5.73 Å². The van der Waals surface area contributed by atoms with Crippen LogP contribution in [0, 0.1) is 0 Å². The molecule has 0 aromatic carbocycles. The van der Waals surface area contributed by atoms with Crippen LogP contribution in [0.2, 0.25) is 0 Å². The molecule has 0 heterocycles. The van der Waals surface area contributed by atoms with Crippen molar-refractivity contribution in [2.75, 3.05) is 0 Å². The highest BCUT2D eigenvalue weighted by molar-refractivity contribution is 5.85. The Kier molecular flexibility index (Phi) is 24.4. The summed E-state index contributed by atoms with van der Waals surface area (Å²) >= 11 is 0. The quantitative estimate of drug-likeness (QED) is 0.550. The van der Waals surface area contributed by atoms with Gasteiger partial charge < -0.3 is 5.73 Å². The van der Waals surface area contributed by atoms with Crippen LogP contribution in [-0.4, -0.2) is 6.04 Å². The summed E-state index contributed by atoms with van der Waals surface area (Å²) in [6.07, 6.45) is 13.9. The molecule has 16 heavy (non-hydrogen) atoms. The SMILES string of the molecule is CCCCCCCCCCCC(C)N.Cl.Cl. The standard InChI is InChI=1S/C13H29N.2ClH/c1-3-4-5-6-7-8-9-10-11-12-13(2)14;;/h13H,3-12,14H2,1-2H3;2*1H. The Morgan fingerprint density at radius 1 is 0.750 bits per heavy atom. The van der Waals surface area contributed by atoms with Crippen LogP contribution >= 0.6 is 24.8 Å². The third kappa shape index (κ3) is 20.0. The van der Waals surface area contributed by atoms with Crippen molar-refractivity contribution in [3.8, 4) is 0 Å². The molecule has 1 nitrogen and oxygen atoms in total. The van der Waals surface area contributed by atoms with Crippen LogP contribution in [0.1, 0.15) is 78.1 Å². The topological polar surface area (TPSA) is 26.0 Å². The van der Waals surface area contributed by atoms with Crippen LogP contribution in [0.4, 0.5) is 0 Å². The summed E-state index contributed by atoms with van der Waals surface area (Å²) in [7, 11) is 0. The van der Waals surface area contributed by atoms with Crippen LogP contribution in [0.3, 0.4) is 0 Å². The maximum absolute atomic E-state index is 5.69. The van der Waals surface area contributed by atoms with E-state index in [0.717, 1.165) is 0 Å². The molecule has 0 saturated heterocycles. The highest BCUT2D eigenvalue weighted by Crippen LogP contribution is 2.10. The minimum absolute atomic E-state index is 0. The molecule has 0 aliphatic carbocycles. The molecule has 1 atom stereocenters. The van der Waals surface area contributed by atoms with E-state index in [1.165, 1.54) is 64.2 Å². The molecule has 0 aromatic heterocycles. The van der Waals surface area contributed by atoms with Crippen molar-refractivity contribution in [2.24, 2.45) is 5.73 Å². The van der Waals surface area contributed by atoms with Crippen LogP contribution in [0.25, 0.3) is 0 Å². The molecule has 0 rings (SSSR count). The Bertz CT molecular complexity index is 108. The maximum atomic E-state index is 5.69. The zero-order valence-electron chi connectivity index (χ0n) is 11.0. The van der Waals surface area contributed by atoms with Gasteiger partial charge in [-0.2, -0.15) is 0 Å². The summed E-state index contributed by atoms with van der Waals surface area (Å²) in [5.41, 5.74) is 5.69. The third-order valence-electron chi connectivity index (χ3n) is 2.76. The Morgan fingerprint density at radius 3 is 1.50 bits per heavy atom. The lowest BCUT2D eigenvalue weighted by molar-refractivity contribution is 0.537. The molecule has 3 heteroatoms. The van der Waals surface area contributed by atoms with Gasteiger partial charge in [0.15, 0.2) is 0 Å². The average molecular weight is 272 g/mol. The van der Waals surface area contributed by atoms with Gasteiger partial charge in [0.1, 0.15) is 0 Å². The lowest BCUT2D eigenvalue weighted by Gasteiger charge is -2.04. The van der Waals surface area contributed by atoms with E-state index in [4.69, 9.17) is 5.73 Å². The molecule has 0 fully saturated rings. The zero-order chi connectivity index (χ0) is 10.6. The molecular weight excluding hydrogens is 241 g/mol. The summed E-state index contributed by atoms with van der Waals surface area (Å²) in [5, 5.41) is 0. The van der Waals surface area contributed by atoms with Gasteiger partial charge in [-0.05, 0) is 13.3 Å². The molecule has 0 amide bonds. The lowest BCUT2D eigenvalue weighted by atomic mass is 10.1. The molecule has 0 saturated carbocycles.